The van der Waals surface area contributed by atoms with E-state index in [0.717, 1.165) is 16.1 Å². The van der Waals surface area contributed by atoms with Crippen LogP contribution in [0.25, 0.3) is 0 Å². The second-order valence-electron chi connectivity index (χ2n) is 5.08. The van der Waals surface area contributed by atoms with E-state index in [1.165, 1.54) is 32.4 Å². The molecule has 1 aromatic rings. The number of carbonyl (C=O) groups is 2. The van der Waals surface area contributed by atoms with E-state index in [1.54, 1.807) is 13.8 Å². The average Bonchev–Trinajstić information content (AvgIpc) is 2.44. The van der Waals surface area contributed by atoms with Crippen LogP contribution >= 0.6 is 11.8 Å². The lowest BCUT2D eigenvalue weighted by atomic mass is 10.4. The number of nitrogens with zero attached hydrogens (tertiary/aromatic N) is 2. The Hall–Kier alpha value is -1.65. The molecule has 0 fully saturated rings. The molecule has 1 rings (SSSR count). The van der Waals surface area contributed by atoms with Crippen LogP contribution in [0.15, 0.2) is 28.3 Å². The molecule has 3 amide bonds. The van der Waals surface area contributed by atoms with Gasteiger partial charge in [-0.05, 0) is 26.0 Å². The summed E-state index contributed by atoms with van der Waals surface area (Å²) in [6.45, 7) is 3.57. The zero-order valence-corrected chi connectivity index (χ0v) is 15.0. The van der Waals surface area contributed by atoms with E-state index in [4.69, 9.17) is 0 Å². The Morgan fingerprint density at radius 2 is 1.96 bits per heavy atom. The Balaban J connectivity index is 2.57. The van der Waals surface area contributed by atoms with Crippen molar-refractivity contribution in [1.29, 1.82) is 0 Å². The van der Waals surface area contributed by atoms with Gasteiger partial charge in [-0.2, -0.15) is 0 Å². The lowest BCUT2D eigenvalue weighted by Gasteiger charge is -2.11. The molecule has 0 bridgehead atoms. The van der Waals surface area contributed by atoms with Gasteiger partial charge in [0.25, 0.3) is 0 Å². The molecule has 1 heterocycles. The molecule has 23 heavy (non-hydrogen) atoms. The third-order valence-corrected chi connectivity index (χ3v) is 5.25. The van der Waals surface area contributed by atoms with Gasteiger partial charge in [0, 0.05) is 26.3 Å². The molecule has 128 valence electrons. The summed E-state index contributed by atoms with van der Waals surface area (Å²) >= 11 is 1.11. The number of sulfonamides is 1. The predicted octanol–water partition coefficient (Wildman–Crippen LogP) is 0.658. The van der Waals surface area contributed by atoms with E-state index in [9.17, 15) is 18.0 Å². The third kappa shape index (κ3) is 6.16. The summed E-state index contributed by atoms with van der Waals surface area (Å²) in [5, 5.41) is 5.22. The van der Waals surface area contributed by atoms with Crippen LogP contribution in [0.2, 0.25) is 0 Å². The molecule has 0 spiro atoms. The molecule has 1 aromatic heterocycles. The maximum absolute atomic E-state index is 11.9. The minimum Gasteiger partial charge on any atom is -0.336 e. The maximum Gasteiger partial charge on any atom is 0.321 e. The van der Waals surface area contributed by atoms with Crippen LogP contribution in [0.1, 0.15) is 13.8 Å². The van der Waals surface area contributed by atoms with E-state index in [2.05, 4.69) is 15.6 Å². The fraction of sp³-hybridized carbons (Fsp3) is 0.462. The third-order valence-electron chi connectivity index (χ3n) is 2.51. The van der Waals surface area contributed by atoms with Crippen molar-refractivity contribution in [2.45, 2.75) is 29.8 Å². The van der Waals surface area contributed by atoms with E-state index in [-0.39, 0.29) is 16.7 Å². The normalized spacial score (nSPS) is 11.6. The number of pyridine rings is 1. The Labute approximate surface area is 140 Å². The number of hydrogen-bond acceptors (Lipinski definition) is 6. The SMILES string of the molecule is CC(C)NC(=O)NC(=O)CSc1ccc(S(=O)(=O)N(C)C)cn1. The van der Waals surface area contributed by atoms with Crippen LogP contribution in [0.5, 0.6) is 0 Å². The van der Waals surface area contributed by atoms with Crippen LogP contribution in [-0.4, -0.2) is 55.5 Å². The van der Waals surface area contributed by atoms with Crippen molar-refractivity contribution >= 4 is 33.7 Å². The molecule has 0 aromatic carbocycles. The summed E-state index contributed by atoms with van der Waals surface area (Å²) in [5.41, 5.74) is 0. The molecule has 0 radical (unpaired) electrons. The van der Waals surface area contributed by atoms with Crippen molar-refractivity contribution in [3.05, 3.63) is 18.3 Å². The van der Waals surface area contributed by atoms with E-state index in [1.807, 2.05) is 0 Å². The quantitative estimate of drug-likeness (QED) is 0.722. The first kappa shape index (κ1) is 19.4. The van der Waals surface area contributed by atoms with Gasteiger partial charge in [0.15, 0.2) is 0 Å². The Kier molecular flexibility index (Phi) is 6.98. The van der Waals surface area contributed by atoms with Crippen molar-refractivity contribution in [2.24, 2.45) is 0 Å². The van der Waals surface area contributed by atoms with E-state index in [0.29, 0.717) is 5.03 Å². The number of carbonyl (C=O) groups excluding carboxylic acids is 2. The fourth-order valence-electron chi connectivity index (χ4n) is 1.42. The molecule has 0 atom stereocenters. The molecule has 2 N–H and O–H groups in total. The molecular weight excluding hydrogens is 340 g/mol. The second-order valence-corrected chi connectivity index (χ2v) is 8.23. The van der Waals surface area contributed by atoms with Gasteiger partial charge in [-0.15, -0.1) is 0 Å². The number of nitrogens with one attached hydrogen (secondary N) is 2. The zero-order chi connectivity index (χ0) is 17.6. The minimum atomic E-state index is -3.52. The van der Waals surface area contributed by atoms with Gasteiger partial charge >= 0.3 is 6.03 Å². The molecule has 0 saturated carbocycles. The maximum atomic E-state index is 11.9. The van der Waals surface area contributed by atoms with Crippen LogP contribution in [0.4, 0.5) is 4.79 Å². The van der Waals surface area contributed by atoms with Crippen molar-refractivity contribution < 1.29 is 18.0 Å². The second kappa shape index (κ2) is 8.27. The number of imide groups is 1. The van der Waals surface area contributed by atoms with Gasteiger partial charge in [0.2, 0.25) is 15.9 Å². The highest BCUT2D eigenvalue weighted by Gasteiger charge is 2.17. The molecule has 0 aliphatic rings. The van der Waals surface area contributed by atoms with Gasteiger partial charge < -0.3 is 5.32 Å². The van der Waals surface area contributed by atoms with Crippen molar-refractivity contribution in [1.82, 2.24) is 19.9 Å². The zero-order valence-electron chi connectivity index (χ0n) is 13.4. The van der Waals surface area contributed by atoms with E-state index >= 15 is 0 Å². The summed E-state index contributed by atoms with van der Waals surface area (Å²) in [4.78, 5) is 27.0. The Bertz CT molecular complexity index is 657. The molecule has 0 saturated heterocycles. The average molecular weight is 360 g/mol. The van der Waals surface area contributed by atoms with Gasteiger partial charge in [0.1, 0.15) is 4.90 Å². The summed E-state index contributed by atoms with van der Waals surface area (Å²) in [7, 11) is -0.653. The van der Waals surface area contributed by atoms with Gasteiger partial charge in [0.05, 0.1) is 10.8 Å². The topological polar surface area (TPSA) is 108 Å². The number of aromatic nitrogens is 1. The molecule has 0 aliphatic heterocycles. The van der Waals surface area contributed by atoms with Gasteiger partial charge in [-0.3, -0.25) is 10.1 Å². The minimum absolute atomic E-state index is 0.00169. The van der Waals surface area contributed by atoms with Crippen molar-refractivity contribution in [3.63, 3.8) is 0 Å². The highest BCUT2D eigenvalue weighted by molar-refractivity contribution is 7.99. The summed E-state index contributed by atoms with van der Waals surface area (Å²) in [6, 6.07) is 2.32. The van der Waals surface area contributed by atoms with Crippen molar-refractivity contribution in [2.75, 3.05) is 19.8 Å². The smallest absolute Gasteiger partial charge is 0.321 e. The molecule has 0 aliphatic carbocycles. The number of thioether (sulfide) groups is 1. The standard InChI is InChI=1S/C13H20N4O4S2/c1-9(2)15-13(19)16-11(18)8-22-12-6-5-10(7-14-12)23(20,21)17(3)4/h5-7,9H,8H2,1-4H3,(H2,15,16,18,19). The van der Waals surface area contributed by atoms with Gasteiger partial charge in [-0.1, -0.05) is 11.8 Å². The summed E-state index contributed by atoms with van der Waals surface area (Å²) in [6.07, 6.45) is 1.24. The lowest BCUT2D eigenvalue weighted by molar-refractivity contribution is -0.117. The van der Waals surface area contributed by atoms with Crippen LogP contribution in [0.3, 0.4) is 0 Å². The van der Waals surface area contributed by atoms with Crippen LogP contribution < -0.4 is 10.6 Å². The molecule has 8 nitrogen and oxygen atoms in total. The van der Waals surface area contributed by atoms with Crippen LogP contribution in [-0.2, 0) is 14.8 Å². The predicted molar refractivity (Wildman–Crippen MR) is 87.6 cm³/mol. The van der Waals surface area contributed by atoms with Gasteiger partial charge in [-0.25, -0.2) is 22.5 Å². The Morgan fingerprint density at radius 1 is 1.30 bits per heavy atom. The first-order valence-electron chi connectivity index (χ1n) is 6.74. The first-order valence-corrected chi connectivity index (χ1v) is 9.17. The van der Waals surface area contributed by atoms with Crippen LogP contribution in [0, 0.1) is 0 Å². The summed E-state index contributed by atoms with van der Waals surface area (Å²) in [5.74, 6) is -0.460. The molecular formula is C13H20N4O4S2. The monoisotopic (exact) mass is 360 g/mol. The molecule has 0 unspecified atom stereocenters. The highest BCUT2D eigenvalue weighted by atomic mass is 32.2. The number of amides is 3. The van der Waals surface area contributed by atoms with Crippen molar-refractivity contribution in [3.8, 4) is 0 Å². The lowest BCUT2D eigenvalue weighted by Crippen LogP contribution is -2.43. The summed E-state index contributed by atoms with van der Waals surface area (Å²) < 4.78 is 24.9. The highest BCUT2D eigenvalue weighted by Crippen LogP contribution is 2.18. The molecule has 10 heteroatoms. The number of rotatable bonds is 6. The number of hydrogen-bond donors (Lipinski definition) is 2. The fourth-order valence-corrected chi connectivity index (χ4v) is 2.91. The Morgan fingerprint density at radius 3 is 2.43 bits per heavy atom. The first-order chi connectivity index (χ1) is 10.6. The largest absolute Gasteiger partial charge is 0.336 e. The number of urea groups is 1. The van der Waals surface area contributed by atoms with E-state index < -0.39 is 22.0 Å².